The molecule has 1 aliphatic heterocycles. The quantitative estimate of drug-likeness (QED) is 0.706. The van der Waals surface area contributed by atoms with Gasteiger partial charge >= 0.3 is 0 Å². The van der Waals surface area contributed by atoms with Crippen molar-refractivity contribution in [3.63, 3.8) is 0 Å². The van der Waals surface area contributed by atoms with Crippen molar-refractivity contribution in [1.29, 1.82) is 0 Å². The zero-order valence-corrected chi connectivity index (χ0v) is 16.4. The van der Waals surface area contributed by atoms with E-state index >= 15 is 0 Å². The van der Waals surface area contributed by atoms with Crippen molar-refractivity contribution in [3.05, 3.63) is 54.4 Å². The number of hydrogen-bond acceptors (Lipinski definition) is 4. The molecule has 28 heavy (non-hydrogen) atoms. The van der Waals surface area contributed by atoms with Gasteiger partial charge in [0.15, 0.2) is 0 Å². The van der Waals surface area contributed by atoms with Crippen LogP contribution in [0.3, 0.4) is 0 Å². The molecule has 2 aromatic carbocycles. The maximum absolute atomic E-state index is 13.1. The Morgan fingerprint density at radius 2 is 1.93 bits per heavy atom. The molecule has 1 fully saturated rings. The van der Waals surface area contributed by atoms with Crippen LogP contribution in [0, 0.1) is 0 Å². The summed E-state index contributed by atoms with van der Waals surface area (Å²) in [5.74, 6) is 0.678. The number of imidazole rings is 1. The van der Waals surface area contributed by atoms with Crippen molar-refractivity contribution >= 4 is 32.7 Å². The van der Waals surface area contributed by atoms with Crippen molar-refractivity contribution in [2.75, 3.05) is 18.4 Å². The van der Waals surface area contributed by atoms with Gasteiger partial charge in [0.2, 0.25) is 15.9 Å². The van der Waals surface area contributed by atoms with Gasteiger partial charge in [0, 0.05) is 31.6 Å². The molecule has 0 aliphatic carbocycles. The van der Waals surface area contributed by atoms with Crippen LogP contribution in [0.4, 0.5) is 5.69 Å². The SMILES string of the molecule is CC(=O)Nc1ccc(S(=O)(=O)N2CCCC(c3nc4ccccc4[nH]3)C2)cc1. The first-order chi connectivity index (χ1) is 13.4. The number of rotatable bonds is 4. The summed E-state index contributed by atoms with van der Waals surface area (Å²) in [6, 6.07) is 14.1. The van der Waals surface area contributed by atoms with Crippen molar-refractivity contribution < 1.29 is 13.2 Å². The van der Waals surface area contributed by atoms with Crippen LogP contribution in [0.2, 0.25) is 0 Å². The standard InChI is InChI=1S/C20H22N4O3S/c1-14(25)21-16-8-10-17(11-9-16)28(26,27)24-12-4-5-15(13-24)20-22-18-6-2-3-7-19(18)23-20/h2-3,6-11,15H,4-5,12-13H2,1H3,(H,21,25)(H,22,23). The molecule has 1 amide bonds. The third-order valence-corrected chi connectivity index (χ3v) is 6.87. The van der Waals surface area contributed by atoms with Crippen LogP contribution in [-0.2, 0) is 14.8 Å². The van der Waals surface area contributed by atoms with E-state index in [2.05, 4.69) is 15.3 Å². The first kappa shape index (κ1) is 18.6. The van der Waals surface area contributed by atoms with E-state index in [0.717, 1.165) is 29.7 Å². The number of carbonyl (C=O) groups is 1. The average molecular weight is 398 g/mol. The lowest BCUT2D eigenvalue weighted by molar-refractivity contribution is -0.114. The van der Waals surface area contributed by atoms with Gasteiger partial charge in [-0.2, -0.15) is 4.31 Å². The smallest absolute Gasteiger partial charge is 0.243 e. The number of benzene rings is 2. The van der Waals surface area contributed by atoms with E-state index in [1.807, 2.05) is 24.3 Å². The average Bonchev–Trinajstić information content (AvgIpc) is 3.12. The largest absolute Gasteiger partial charge is 0.342 e. The highest BCUT2D eigenvalue weighted by molar-refractivity contribution is 7.89. The summed E-state index contributed by atoms with van der Waals surface area (Å²) in [5, 5.41) is 2.64. The van der Waals surface area contributed by atoms with Gasteiger partial charge in [-0.25, -0.2) is 13.4 Å². The molecule has 1 unspecified atom stereocenters. The fourth-order valence-corrected chi connectivity index (χ4v) is 5.14. The first-order valence-corrected chi connectivity index (χ1v) is 10.7. The molecular weight excluding hydrogens is 376 g/mol. The van der Waals surface area contributed by atoms with Crippen LogP contribution < -0.4 is 5.32 Å². The van der Waals surface area contributed by atoms with Gasteiger partial charge in [-0.05, 0) is 49.2 Å². The molecule has 0 saturated carbocycles. The predicted molar refractivity (Wildman–Crippen MR) is 108 cm³/mol. The Labute approximate surface area is 163 Å². The molecule has 0 spiro atoms. The lowest BCUT2D eigenvalue weighted by Gasteiger charge is -2.31. The number of para-hydroxylation sites is 2. The molecule has 4 rings (SSSR count). The van der Waals surface area contributed by atoms with Gasteiger partial charge in [0.1, 0.15) is 5.82 Å². The number of sulfonamides is 1. The molecule has 146 valence electrons. The Balaban J connectivity index is 1.55. The van der Waals surface area contributed by atoms with Gasteiger partial charge in [-0.15, -0.1) is 0 Å². The maximum atomic E-state index is 13.1. The minimum atomic E-state index is -3.60. The first-order valence-electron chi connectivity index (χ1n) is 9.26. The van der Waals surface area contributed by atoms with Crippen LogP contribution in [0.25, 0.3) is 11.0 Å². The highest BCUT2D eigenvalue weighted by Gasteiger charge is 2.32. The number of nitrogens with zero attached hydrogens (tertiary/aromatic N) is 2. The number of fused-ring (bicyclic) bond motifs is 1. The van der Waals surface area contributed by atoms with Crippen LogP contribution in [0.15, 0.2) is 53.4 Å². The van der Waals surface area contributed by atoms with Crippen molar-refractivity contribution in [1.82, 2.24) is 14.3 Å². The van der Waals surface area contributed by atoms with Crippen molar-refractivity contribution in [2.24, 2.45) is 0 Å². The van der Waals surface area contributed by atoms with Gasteiger partial charge < -0.3 is 10.3 Å². The molecule has 3 aromatic rings. The molecule has 8 heteroatoms. The number of hydrogen-bond donors (Lipinski definition) is 2. The number of aromatic nitrogens is 2. The molecule has 1 saturated heterocycles. The number of piperidine rings is 1. The van der Waals surface area contributed by atoms with Crippen LogP contribution in [-0.4, -0.2) is 41.7 Å². The molecule has 1 aromatic heterocycles. The van der Waals surface area contributed by atoms with E-state index in [9.17, 15) is 13.2 Å². The van der Waals surface area contributed by atoms with E-state index in [4.69, 9.17) is 0 Å². The Morgan fingerprint density at radius 3 is 2.64 bits per heavy atom. The number of anilines is 1. The van der Waals surface area contributed by atoms with E-state index < -0.39 is 10.0 Å². The van der Waals surface area contributed by atoms with E-state index in [1.165, 1.54) is 23.4 Å². The maximum Gasteiger partial charge on any atom is 0.243 e. The second kappa shape index (κ2) is 7.37. The number of nitrogens with one attached hydrogen (secondary N) is 2. The molecule has 1 aliphatic rings. The normalized spacial score (nSPS) is 18.2. The summed E-state index contributed by atoms with van der Waals surface area (Å²) in [6.07, 6.45) is 1.68. The monoisotopic (exact) mass is 398 g/mol. The summed E-state index contributed by atoms with van der Waals surface area (Å²) in [6.45, 7) is 2.30. The van der Waals surface area contributed by atoms with Gasteiger partial charge in [0.25, 0.3) is 0 Å². The van der Waals surface area contributed by atoms with Gasteiger partial charge in [-0.1, -0.05) is 12.1 Å². The van der Waals surface area contributed by atoms with Gasteiger partial charge in [0.05, 0.1) is 15.9 Å². The number of carbonyl (C=O) groups excluding carboxylic acids is 1. The predicted octanol–water partition coefficient (Wildman–Crippen LogP) is 3.09. The van der Waals surface area contributed by atoms with Crippen LogP contribution in [0.1, 0.15) is 31.5 Å². The Bertz CT molecular complexity index is 1070. The lowest BCUT2D eigenvalue weighted by atomic mass is 9.99. The second-order valence-corrected chi connectivity index (χ2v) is 8.98. The summed E-state index contributed by atoms with van der Waals surface area (Å²) in [7, 11) is -3.60. The highest BCUT2D eigenvalue weighted by Crippen LogP contribution is 2.30. The molecule has 0 radical (unpaired) electrons. The van der Waals surface area contributed by atoms with Crippen LogP contribution >= 0.6 is 0 Å². The van der Waals surface area contributed by atoms with Gasteiger partial charge in [-0.3, -0.25) is 4.79 Å². The fraction of sp³-hybridized carbons (Fsp3) is 0.300. The fourth-order valence-electron chi connectivity index (χ4n) is 3.61. The summed E-state index contributed by atoms with van der Waals surface area (Å²) in [5.41, 5.74) is 2.43. The van der Waals surface area contributed by atoms with Crippen LogP contribution in [0.5, 0.6) is 0 Å². The topological polar surface area (TPSA) is 95.2 Å². The molecule has 0 bridgehead atoms. The van der Waals surface area contributed by atoms with E-state index in [1.54, 1.807) is 12.1 Å². The van der Waals surface area contributed by atoms with Crippen molar-refractivity contribution in [2.45, 2.75) is 30.6 Å². The summed E-state index contributed by atoms with van der Waals surface area (Å²) < 4.78 is 27.7. The Morgan fingerprint density at radius 1 is 1.18 bits per heavy atom. The minimum absolute atomic E-state index is 0.0366. The number of aromatic amines is 1. The highest BCUT2D eigenvalue weighted by atomic mass is 32.2. The van der Waals surface area contributed by atoms with Crippen molar-refractivity contribution in [3.8, 4) is 0 Å². The molecule has 1 atom stereocenters. The number of H-pyrrole nitrogens is 1. The molecule has 2 N–H and O–H groups in total. The summed E-state index contributed by atoms with van der Waals surface area (Å²) >= 11 is 0. The van der Waals surface area contributed by atoms with E-state index in [0.29, 0.717) is 18.8 Å². The Hall–Kier alpha value is -2.71. The summed E-state index contributed by atoms with van der Waals surface area (Å²) in [4.78, 5) is 19.3. The third kappa shape index (κ3) is 3.65. The molecular formula is C20H22N4O3S. The number of amides is 1. The molecule has 2 heterocycles. The minimum Gasteiger partial charge on any atom is -0.342 e. The van der Waals surface area contributed by atoms with E-state index in [-0.39, 0.29) is 16.7 Å². The zero-order chi connectivity index (χ0) is 19.7. The zero-order valence-electron chi connectivity index (χ0n) is 15.6. The molecule has 7 nitrogen and oxygen atoms in total. The lowest BCUT2D eigenvalue weighted by Crippen LogP contribution is -2.39. The Kier molecular flexibility index (Phi) is 4.91. The second-order valence-electron chi connectivity index (χ2n) is 7.05. The third-order valence-electron chi connectivity index (χ3n) is 4.99.